The van der Waals surface area contributed by atoms with Gasteiger partial charge in [0.15, 0.2) is 0 Å². The van der Waals surface area contributed by atoms with Crippen LogP contribution < -0.4 is 9.80 Å². The molecule has 0 spiro atoms. The average Bonchev–Trinajstić information content (AvgIpc) is 3.16. The number of hydrogen-bond acceptors (Lipinski definition) is 4. The van der Waals surface area contributed by atoms with Gasteiger partial charge >= 0.3 is 0 Å². The summed E-state index contributed by atoms with van der Waals surface area (Å²) in [6, 6.07) is 19.7. The predicted octanol–water partition coefficient (Wildman–Crippen LogP) is 11.6. The first-order valence-corrected chi connectivity index (χ1v) is 18.5. The molecule has 2 aliphatic rings. The van der Waals surface area contributed by atoms with E-state index in [9.17, 15) is 19.2 Å². The van der Waals surface area contributed by atoms with Gasteiger partial charge in [0.05, 0.1) is 22.5 Å². The molecule has 2 aliphatic heterocycles. The molecular weight excluding hydrogens is 695 g/mol. The molecule has 0 radical (unpaired) electrons. The average molecular weight is 731 g/mol. The summed E-state index contributed by atoms with van der Waals surface area (Å²) in [5.74, 6) is -4.10. The number of halogens is 2. The standard InChI is InChI=1S/C47H36F2N2O4/c1-8-24-11-9-12-25(21(2)3)42(24)50-44(52)30-17-15-28-39-35(49)20-33-37-31(18-16-29(41(37)39)38-34(48)19-32(46(50)54)36(30)40(28)38)45(53)51(47(33)55)43-26(22(4)5)13-10-14-27(43)23(6)7/h8-23H,1H2,2-7H3. The Kier molecular flexibility index (Phi) is 7.44. The number of amides is 4. The van der Waals surface area contributed by atoms with Gasteiger partial charge in [0.2, 0.25) is 0 Å². The maximum atomic E-state index is 16.9. The van der Waals surface area contributed by atoms with Crippen molar-refractivity contribution in [3.05, 3.63) is 136 Å². The molecule has 0 fully saturated rings. The molecule has 55 heavy (non-hydrogen) atoms. The van der Waals surface area contributed by atoms with E-state index in [0.29, 0.717) is 16.9 Å². The van der Waals surface area contributed by atoms with Gasteiger partial charge < -0.3 is 0 Å². The van der Waals surface area contributed by atoms with E-state index >= 15 is 8.78 Å². The highest BCUT2D eigenvalue weighted by molar-refractivity contribution is 6.45. The van der Waals surface area contributed by atoms with E-state index in [1.807, 2.05) is 71.9 Å². The summed E-state index contributed by atoms with van der Waals surface area (Å²) in [7, 11) is 0. The molecule has 0 unspecified atom stereocenters. The van der Waals surface area contributed by atoms with E-state index < -0.39 is 35.3 Å². The van der Waals surface area contributed by atoms with Crippen molar-refractivity contribution < 1.29 is 28.0 Å². The highest BCUT2D eigenvalue weighted by atomic mass is 19.1. The number of fused-ring (bicyclic) bond motifs is 2. The second-order valence-electron chi connectivity index (χ2n) is 15.5. The molecule has 9 rings (SSSR count). The van der Waals surface area contributed by atoms with Gasteiger partial charge in [-0.15, -0.1) is 0 Å². The van der Waals surface area contributed by atoms with Crippen LogP contribution in [-0.2, 0) is 0 Å². The number of anilines is 2. The van der Waals surface area contributed by atoms with Gasteiger partial charge in [-0.3, -0.25) is 19.2 Å². The van der Waals surface area contributed by atoms with Crippen LogP contribution in [0.15, 0.2) is 79.4 Å². The molecule has 6 nitrogen and oxygen atoms in total. The Bertz CT molecular complexity index is 2910. The number of carbonyl (C=O) groups excluding carboxylic acids is 4. The SMILES string of the molecule is C=Cc1cccc(C(C)C)c1N1C(=O)c2ccc3c4c(F)cc5c6c(ccc(c7c(F)cc(c2c37)C1=O)c64)C(=O)N(c1c(C(C)C)cccc1C(C)C)C5=O. The van der Waals surface area contributed by atoms with E-state index in [4.69, 9.17) is 0 Å². The first kappa shape index (κ1) is 34.5. The van der Waals surface area contributed by atoms with Crippen LogP contribution in [0.25, 0.3) is 49.2 Å². The van der Waals surface area contributed by atoms with Crippen LogP contribution >= 0.6 is 0 Å². The predicted molar refractivity (Wildman–Crippen MR) is 215 cm³/mol. The Hall–Kier alpha value is -6.28. The normalized spacial score (nSPS) is 14.5. The van der Waals surface area contributed by atoms with Crippen molar-refractivity contribution in [1.82, 2.24) is 0 Å². The summed E-state index contributed by atoms with van der Waals surface area (Å²) in [6.07, 6.45) is 1.58. The number of hydrogen-bond donors (Lipinski definition) is 0. The quantitative estimate of drug-likeness (QED) is 0.0970. The molecule has 0 aliphatic carbocycles. The van der Waals surface area contributed by atoms with Crippen LogP contribution in [0, 0.1) is 11.6 Å². The summed E-state index contributed by atoms with van der Waals surface area (Å²) in [5.41, 5.74) is 4.18. The van der Waals surface area contributed by atoms with Gasteiger partial charge in [0.1, 0.15) is 11.6 Å². The second kappa shape index (κ2) is 11.9. The Morgan fingerprint density at radius 3 is 1.29 bits per heavy atom. The minimum absolute atomic E-state index is 0.00161. The van der Waals surface area contributed by atoms with E-state index in [1.54, 1.807) is 36.4 Å². The summed E-state index contributed by atoms with van der Waals surface area (Å²) in [5, 5.41) is 1.62. The van der Waals surface area contributed by atoms with Crippen molar-refractivity contribution in [3.8, 4) is 0 Å². The fourth-order valence-corrected chi connectivity index (χ4v) is 9.01. The van der Waals surface area contributed by atoms with E-state index in [-0.39, 0.29) is 83.1 Å². The van der Waals surface area contributed by atoms with Crippen molar-refractivity contribution in [2.24, 2.45) is 0 Å². The summed E-state index contributed by atoms with van der Waals surface area (Å²) in [4.78, 5) is 60.4. The van der Waals surface area contributed by atoms with Gasteiger partial charge in [-0.05, 0) is 75.0 Å². The molecule has 4 amide bonds. The topological polar surface area (TPSA) is 74.8 Å². The number of rotatable bonds is 6. The zero-order chi connectivity index (χ0) is 38.9. The Morgan fingerprint density at radius 1 is 0.491 bits per heavy atom. The highest BCUT2D eigenvalue weighted by Crippen LogP contribution is 2.50. The summed E-state index contributed by atoms with van der Waals surface area (Å²) >= 11 is 0. The summed E-state index contributed by atoms with van der Waals surface area (Å²) in [6.45, 7) is 15.8. The van der Waals surface area contributed by atoms with Gasteiger partial charge in [0.25, 0.3) is 23.6 Å². The lowest BCUT2D eigenvalue weighted by molar-refractivity contribution is 0.0877. The van der Waals surface area contributed by atoms with Crippen LogP contribution in [-0.4, -0.2) is 23.6 Å². The highest BCUT2D eigenvalue weighted by Gasteiger charge is 2.41. The third kappa shape index (κ3) is 4.45. The largest absolute Gasteiger partial charge is 0.268 e. The molecule has 0 atom stereocenters. The van der Waals surface area contributed by atoms with E-state index in [1.165, 1.54) is 4.90 Å². The fraction of sp³-hybridized carbons (Fsp3) is 0.191. The number of imide groups is 2. The van der Waals surface area contributed by atoms with Crippen LogP contribution in [0.5, 0.6) is 0 Å². The number of benzene rings is 7. The number of carbonyl (C=O) groups is 4. The molecule has 0 bridgehead atoms. The molecule has 272 valence electrons. The minimum Gasteiger partial charge on any atom is -0.268 e. The minimum atomic E-state index is -0.751. The maximum Gasteiger partial charge on any atom is 0.266 e. The van der Waals surface area contributed by atoms with Crippen molar-refractivity contribution >= 4 is 84.2 Å². The monoisotopic (exact) mass is 730 g/mol. The van der Waals surface area contributed by atoms with E-state index in [2.05, 4.69) is 6.58 Å². The zero-order valence-electron chi connectivity index (χ0n) is 31.2. The molecular formula is C47H36F2N2O4. The molecule has 0 N–H and O–H groups in total. The van der Waals surface area contributed by atoms with Crippen molar-refractivity contribution in [2.45, 2.75) is 59.3 Å². The first-order valence-electron chi connectivity index (χ1n) is 18.5. The third-order valence-corrected chi connectivity index (χ3v) is 11.5. The van der Waals surface area contributed by atoms with Gasteiger partial charge in [-0.1, -0.05) is 103 Å². The smallest absolute Gasteiger partial charge is 0.266 e. The fourth-order valence-electron chi connectivity index (χ4n) is 9.01. The maximum absolute atomic E-state index is 16.9. The van der Waals surface area contributed by atoms with Gasteiger partial charge in [0, 0.05) is 43.4 Å². The molecule has 2 heterocycles. The third-order valence-electron chi connectivity index (χ3n) is 11.5. The number of nitrogens with zero attached hydrogens (tertiary/aromatic N) is 2. The molecule has 0 saturated carbocycles. The molecule has 7 aromatic carbocycles. The van der Waals surface area contributed by atoms with Crippen LogP contribution in [0.3, 0.4) is 0 Å². The lowest BCUT2D eigenvalue weighted by Gasteiger charge is -2.33. The Balaban J connectivity index is 1.33. The first-order chi connectivity index (χ1) is 26.3. The van der Waals surface area contributed by atoms with Crippen molar-refractivity contribution in [2.75, 3.05) is 9.80 Å². The molecule has 7 aromatic rings. The lowest BCUT2D eigenvalue weighted by atomic mass is 9.81. The second-order valence-corrected chi connectivity index (χ2v) is 15.5. The Morgan fingerprint density at radius 2 is 0.873 bits per heavy atom. The van der Waals surface area contributed by atoms with E-state index in [0.717, 1.165) is 33.7 Å². The van der Waals surface area contributed by atoms with Crippen LogP contribution in [0.1, 0.15) is 123 Å². The Labute approximate surface area is 316 Å². The summed E-state index contributed by atoms with van der Waals surface area (Å²) < 4.78 is 33.8. The van der Waals surface area contributed by atoms with Gasteiger partial charge in [-0.25, -0.2) is 18.6 Å². The lowest BCUT2D eigenvalue weighted by Crippen LogP contribution is -2.42. The zero-order valence-corrected chi connectivity index (χ0v) is 31.2. The molecule has 0 saturated heterocycles. The van der Waals surface area contributed by atoms with Crippen LogP contribution in [0.2, 0.25) is 0 Å². The van der Waals surface area contributed by atoms with Crippen molar-refractivity contribution in [3.63, 3.8) is 0 Å². The molecule has 8 heteroatoms. The molecule has 0 aromatic heterocycles. The van der Waals surface area contributed by atoms with Crippen LogP contribution in [0.4, 0.5) is 20.2 Å². The van der Waals surface area contributed by atoms with Crippen molar-refractivity contribution in [1.29, 1.82) is 0 Å². The number of para-hydroxylation sites is 2. The van der Waals surface area contributed by atoms with Gasteiger partial charge in [-0.2, -0.15) is 0 Å².